The molecule has 0 saturated heterocycles. The van der Waals surface area contributed by atoms with Gasteiger partial charge in [0.05, 0.1) is 6.20 Å². The van der Waals surface area contributed by atoms with Crippen molar-refractivity contribution in [3.63, 3.8) is 0 Å². The summed E-state index contributed by atoms with van der Waals surface area (Å²) in [6, 6.07) is 0. The third-order valence-electron chi connectivity index (χ3n) is 0.943. The van der Waals surface area contributed by atoms with Crippen LogP contribution in [0.1, 0.15) is 16.1 Å². The van der Waals surface area contributed by atoms with Crippen LogP contribution in [0.2, 0.25) is 0 Å². The van der Waals surface area contributed by atoms with E-state index in [9.17, 15) is 4.79 Å². The van der Waals surface area contributed by atoms with Gasteiger partial charge in [-0.1, -0.05) is 5.16 Å². The van der Waals surface area contributed by atoms with Gasteiger partial charge in [0.1, 0.15) is 0 Å². The van der Waals surface area contributed by atoms with Crippen molar-refractivity contribution in [2.24, 2.45) is 0 Å². The second kappa shape index (κ2) is 1.89. The summed E-state index contributed by atoms with van der Waals surface area (Å²) in [7, 11) is 0. The van der Waals surface area contributed by atoms with E-state index >= 15 is 0 Å². The number of aromatic nitrogens is 1. The average Bonchev–Trinajstić information content (AvgIpc) is 2.13. The summed E-state index contributed by atoms with van der Waals surface area (Å²) < 4.78 is 4.38. The highest BCUT2D eigenvalue weighted by molar-refractivity contribution is 5.85. The summed E-state index contributed by atoms with van der Waals surface area (Å²) in [6.07, 6.45) is 1.36. The Morgan fingerprint density at radius 2 is 2.56 bits per heavy atom. The SMILES string of the molecule is Cc1cnoc1C(=O)O. The molecule has 0 radical (unpaired) electrons. The molecule has 0 aliphatic heterocycles. The van der Waals surface area contributed by atoms with Gasteiger partial charge in [0.2, 0.25) is 5.76 Å². The van der Waals surface area contributed by atoms with Crippen LogP contribution < -0.4 is 0 Å². The van der Waals surface area contributed by atoms with E-state index in [2.05, 4.69) is 9.68 Å². The molecular formula is C5H5NO3. The van der Waals surface area contributed by atoms with E-state index in [4.69, 9.17) is 5.11 Å². The molecule has 48 valence electrons. The first-order chi connectivity index (χ1) is 4.22. The Labute approximate surface area is 51.1 Å². The predicted molar refractivity (Wildman–Crippen MR) is 28.2 cm³/mol. The van der Waals surface area contributed by atoms with Gasteiger partial charge in [-0.05, 0) is 6.92 Å². The fourth-order valence-corrected chi connectivity index (χ4v) is 0.496. The molecule has 0 spiro atoms. The highest BCUT2D eigenvalue weighted by Gasteiger charge is 2.10. The summed E-state index contributed by atoms with van der Waals surface area (Å²) in [6.45, 7) is 1.62. The first kappa shape index (κ1) is 5.81. The molecule has 0 fully saturated rings. The molecule has 1 heterocycles. The molecule has 1 N–H and O–H groups in total. The lowest BCUT2D eigenvalue weighted by atomic mass is 10.3. The minimum absolute atomic E-state index is 0.0880. The van der Waals surface area contributed by atoms with Crippen LogP contribution in [0.5, 0.6) is 0 Å². The van der Waals surface area contributed by atoms with Crippen molar-refractivity contribution in [1.29, 1.82) is 0 Å². The maximum absolute atomic E-state index is 10.1. The van der Waals surface area contributed by atoms with Crippen molar-refractivity contribution in [3.8, 4) is 0 Å². The van der Waals surface area contributed by atoms with Crippen molar-refractivity contribution < 1.29 is 14.4 Å². The van der Waals surface area contributed by atoms with E-state index in [1.54, 1.807) is 6.92 Å². The number of carbonyl (C=O) groups is 1. The van der Waals surface area contributed by atoms with Crippen LogP contribution in [0.4, 0.5) is 0 Å². The second-order valence-corrected chi connectivity index (χ2v) is 1.64. The van der Waals surface area contributed by atoms with Crippen LogP contribution in [-0.2, 0) is 0 Å². The van der Waals surface area contributed by atoms with Crippen LogP contribution in [0.3, 0.4) is 0 Å². The Bertz CT molecular complexity index is 228. The molecule has 0 aliphatic rings. The molecule has 4 nitrogen and oxygen atoms in total. The largest absolute Gasteiger partial charge is 0.475 e. The molecule has 0 aromatic carbocycles. The molecule has 9 heavy (non-hydrogen) atoms. The monoisotopic (exact) mass is 127 g/mol. The van der Waals surface area contributed by atoms with Crippen molar-refractivity contribution in [2.75, 3.05) is 0 Å². The summed E-state index contributed by atoms with van der Waals surface area (Å²) in [5, 5.41) is 11.6. The standard InChI is InChI=1S/C5H5NO3/c1-3-2-6-9-4(3)5(7)8/h2H,1H3,(H,7,8). The quantitative estimate of drug-likeness (QED) is 0.602. The number of carboxylic acid groups (broad SMARTS) is 1. The summed E-state index contributed by atoms with van der Waals surface area (Å²) in [4.78, 5) is 10.1. The number of aromatic carboxylic acids is 1. The summed E-state index contributed by atoms with van der Waals surface area (Å²) in [5.41, 5.74) is 0.544. The van der Waals surface area contributed by atoms with Crippen LogP contribution in [0.15, 0.2) is 10.7 Å². The molecular weight excluding hydrogens is 122 g/mol. The zero-order valence-electron chi connectivity index (χ0n) is 4.79. The zero-order valence-corrected chi connectivity index (χ0v) is 4.79. The lowest BCUT2D eigenvalue weighted by molar-refractivity contribution is 0.0651. The van der Waals surface area contributed by atoms with Crippen LogP contribution in [0, 0.1) is 6.92 Å². The number of carboxylic acids is 1. The van der Waals surface area contributed by atoms with Gasteiger partial charge in [0.15, 0.2) is 0 Å². The second-order valence-electron chi connectivity index (χ2n) is 1.64. The van der Waals surface area contributed by atoms with Crippen molar-refractivity contribution in [1.82, 2.24) is 5.16 Å². The number of hydrogen-bond acceptors (Lipinski definition) is 3. The van der Waals surface area contributed by atoms with Gasteiger partial charge in [-0.2, -0.15) is 0 Å². The fraction of sp³-hybridized carbons (Fsp3) is 0.200. The Morgan fingerprint density at radius 3 is 2.78 bits per heavy atom. The zero-order chi connectivity index (χ0) is 6.85. The third kappa shape index (κ3) is 0.910. The van der Waals surface area contributed by atoms with E-state index < -0.39 is 5.97 Å². The molecule has 1 aromatic rings. The molecule has 4 heteroatoms. The predicted octanol–water partition coefficient (Wildman–Crippen LogP) is 0.681. The van der Waals surface area contributed by atoms with Gasteiger partial charge < -0.3 is 9.63 Å². The topological polar surface area (TPSA) is 63.3 Å². The van der Waals surface area contributed by atoms with Gasteiger partial charge in [0.25, 0.3) is 0 Å². The van der Waals surface area contributed by atoms with Gasteiger partial charge in [-0.15, -0.1) is 0 Å². The van der Waals surface area contributed by atoms with E-state index in [-0.39, 0.29) is 5.76 Å². The molecule has 1 aromatic heterocycles. The van der Waals surface area contributed by atoms with Crippen LogP contribution in [-0.4, -0.2) is 16.2 Å². The Kier molecular flexibility index (Phi) is 1.22. The van der Waals surface area contributed by atoms with Crippen molar-refractivity contribution in [3.05, 3.63) is 17.5 Å². The van der Waals surface area contributed by atoms with Gasteiger partial charge >= 0.3 is 5.97 Å². The highest BCUT2D eigenvalue weighted by atomic mass is 16.5. The van der Waals surface area contributed by atoms with Crippen molar-refractivity contribution in [2.45, 2.75) is 6.92 Å². The molecule has 0 unspecified atom stereocenters. The van der Waals surface area contributed by atoms with Crippen LogP contribution >= 0.6 is 0 Å². The first-order valence-electron chi connectivity index (χ1n) is 2.36. The van der Waals surface area contributed by atoms with Gasteiger partial charge in [-0.25, -0.2) is 4.79 Å². The number of rotatable bonds is 1. The molecule has 0 aliphatic carbocycles. The van der Waals surface area contributed by atoms with Gasteiger partial charge in [0, 0.05) is 5.56 Å². The molecule has 0 atom stereocenters. The minimum Gasteiger partial charge on any atom is -0.475 e. The van der Waals surface area contributed by atoms with E-state index in [1.165, 1.54) is 6.20 Å². The average molecular weight is 127 g/mol. The van der Waals surface area contributed by atoms with Crippen LogP contribution in [0.25, 0.3) is 0 Å². The lowest BCUT2D eigenvalue weighted by Gasteiger charge is -1.82. The number of aryl methyl sites for hydroxylation is 1. The lowest BCUT2D eigenvalue weighted by Crippen LogP contribution is -1.94. The Balaban J connectivity index is 3.08. The summed E-state index contributed by atoms with van der Waals surface area (Å²) in [5.74, 6) is -1.17. The van der Waals surface area contributed by atoms with E-state index in [0.717, 1.165) is 0 Å². The third-order valence-corrected chi connectivity index (χ3v) is 0.943. The van der Waals surface area contributed by atoms with E-state index in [0.29, 0.717) is 5.56 Å². The molecule has 0 saturated carbocycles. The molecule has 0 bridgehead atoms. The smallest absolute Gasteiger partial charge is 0.374 e. The normalized spacial score (nSPS) is 9.44. The molecule has 1 rings (SSSR count). The highest BCUT2D eigenvalue weighted by Crippen LogP contribution is 2.03. The fourth-order valence-electron chi connectivity index (χ4n) is 0.496. The maximum atomic E-state index is 10.1. The number of hydrogen-bond donors (Lipinski definition) is 1. The summed E-state index contributed by atoms with van der Waals surface area (Å²) >= 11 is 0. The Morgan fingerprint density at radius 1 is 1.89 bits per heavy atom. The molecule has 0 amide bonds. The van der Waals surface area contributed by atoms with E-state index in [1.807, 2.05) is 0 Å². The first-order valence-corrected chi connectivity index (χ1v) is 2.36. The maximum Gasteiger partial charge on any atom is 0.374 e. The minimum atomic E-state index is -1.08. The number of nitrogens with zero attached hydrogens (tertiary/aromatic N) is 1. The van der Waals surface area contributed by atoms with Crippen molar-refractivity contribution >= 4 is 5.97 Å². The van der Waals surface area contributed by atoms with Gasteiger partial charge in [-0.3, -0.25) is 0 Å². The Hall–Kier alpha value is -1.32.